The third-order valence-electron chi connectivity index (χ3n) is 7.68. The monoisotopic (exact) mass is 593 g/mol. The summed E-state index contributed by atoms with van der Waals surface area (Å²) in [6.45, 7) is 1.14. The van der Waals surface area contributed by atoms with E-state index in [9.17, 15) is 37.6 Å². The highest BCUT2D eigenvalue weighted by molar-refractivity contribution is 7.85. The molecular formula is C29H33F2NO8S. The largest absolute Gasteiger partial charge is 0.392 e. The molecule has 3 saturated heterocycles. The van der Waals surface area contributed by atoms with Crippen LogP contribution in [0.2, 0.25) is 0 Å². The Labute approximate surface area is 237 Å². The number of aliphatic hydroxyl groups excluding tert-OH is 4. The summed E-state index contributed by atoms with van der Waals surface area (Å²) in [6, 6.07) is 18.3. The van der Waals surface area contributed by atoms with E-state index in [0.717, 1.165) is 16.7 Å². The topological polar surface area (TPSA) is 148 Å². The van der Waals surface area contributed by atoms with Gasteiger partial charge in [-0.15, -0.1) is 0 Å². The highest BCUT2D eigenvalue weighted by Crippen LogP contribution is 2.55. The first-order valence-corrected chi connectivity index (χ1v) is 14.4. The number of ether oxygens (including phenoxy) is 1. The van der Waals surface area contributed by atoms with Crippen molar-refractivity contribution in [3.8, 4) is 0 Å². The molecule has 9 nitrogen and oxygen atoms in total. The lowest BCUT2D eigenvalue weighted by atomic mass is 9.87. The van der Waals surface area contributed by atoms with Gasteiger partial charge in [-0.05, 0) is 67.3 Å². The molecule has 3 heterocycles. The second-order valence-corrected chi connectivity index (χ2v) is 11.7. The van der Waals surface area contributed by atoms with Gasteiger partial charge in [-0.25, -0.2) is 13.7 Å². The van der Waals surface area contributed by atoms with Gasteiger partial charge < -0.3 is 25.2 Å². The highest BCUT2D eigenvalue weighted by atomic mass is 32.2. The van der Waals surface area contributed by atoms with Gasteiger partial charge in [0.25, 0.3) is 10.1 Å². The maximum Gasteiger partial charge on any atom is 0.294 e. The molecular weight excluding hydrogens is 560 g/mol. The fourth-order valence-corrected chi connectivity index (χ4v) is 5.99. The Morgan fingerprint density at radius 3 is 1.66 bits per heavy atom. The second-order valence-electron chi connectivity index (χ2n) is 10.2. The van der Waals surface area contributed by atoms with Crippen molar-refractivity contribution < 1.29 is 46.9 Å². The van der Waals surface area contributed by atoms with Crippen LogP contribution < -0.4 is 0 Å². The summed E-state index contributed by atoms with van der Waals surface area (Å²) < 4.78 is 61.9. The minimum Gasteiger partial charge on any atom is -0.392 e. The van der Waals surface area contributed by atoms with E-state index in [0.29, 0.717) is 19.4 Å². The molecule has 4 atom stereocenters. The molecule has 0 unspecified atom stereocenters. The van der Waals surface area contributed by atoms with Crippen molar-refractivity contribution in [2.24, 2.45) is 0 Å². The summed E-state index contributed by atoms with van der Waals surface area (Å²) in [5.74, 6) is -0.816. The van der Waals surface area contributed by atoms with Crippen LogP contribution in [-0.2, 0) is 14.9 Å². The van der Waals surface area contributed by atoms with Crippen molar-refractivity contribution in [3.05, 3.63) is 101 Å². The third kappa shape index (κ3) is 6.06. The smallest absolute Gasteiger partial charge is 0.294 e. The maximum absolute atomic E-state index is 13.4. The van der Waals surface area contributed by atoms with Crippen LogP contribution >= 0.6 is 0 Å². The Kier molecular flexibility index (Phi) is 9.26. The molecule has 12 heteroatoms. The number of hydrogen-bond acceptors (Lipinski definition) is 8. The SMILES string of the molecule is Cc1ccc(S(=O)(=O)O)cc1.OC[C@]12O[C@](CO)([C@@H](O)[C@@H]1O)N2CCCC(c1ccc(F)cc1)c1ccc(F)cc1. The average Bonchev–Trinajstić information content (AvgIpc) is 3.27. The number of aliphatic hydroxyl groups is 4. The van der Waals surface area contributed by atoms with Crippen molar-refractivity contribution in [2.75, 3.05) is 19.8 Å². The fraction of sp³-hybridized carbons (Fsp3) is 0.379. The molecule has 5 N–H and O–H groups in total. The van der Waals surface area contributed by atoms with Gasteiger partial charge in [-0.2, -0.15) is 8.42 Å². The van der Waals surface area contributed by atoms with E-state index >= 15 is 0 Å². The Hall–Kier alpha value is -2.81. The molecule has 6 rings (SSSR count). The Morgan fingerprint density at radius 2 is 1.27 bits per heavy atom. The van der Waals surface area contributed by atoms with Crippen molar-refractivity contribution in [1.82, 2.24) is 4.90 Å². The molecule has 3 aliphatic heterocycles. The van der Waals surface area contributed by atoms with Crippen LogP contribution in [0, 0.1) is 18.6 Å². The lowest BCUT2D eigenvalue weighted by Gasteiger charge is -2.56. The van der Waals surface area contributed by atoms with E-state index in [1.165, 1.54) is 36.4 Å². The molecule has 0 radical (unpaired) electrons. The van der Waals surface area contributed by atoms with Gasteiger partial charge in [0.2, 0.25) is 0 Å². The normalized spacial score (nSPS) is 25.5. The van der Waals surface area contributed by atoms with E-state index in [1.54, 1.807) is 41.3 Å². The molecule has 41 heavy (non-hydrogen) atoms. The van der Waals surface area contributed by atoms with Crippen molar-refractivity contribution >= 4 is 10.1 Å². The summed E-state index contributed by atoms with van der Waals surface area (Å²) in [7, 11) is -4.02. The average molecular weight is 594 g/mol. The number of nitrogens with zero attached hydrogens (tertiary/aromatic N) is 1. The Balaban J connectivity index is 0.000000296. The van der Waals surface area contributed by atoms with E-state index in [2.05, 4.69) is 0 Å². The number of halogens is 2. The first-order chi connectivity index (χ1) is 19.4. The molecule has 0 saturated carbocycles. The first-order valence-electron chi connectivity index (χ1n) is 13.0. The summed E-state index contributed by atoms with van der Waals surface area (Å²) in [6.07, 6.45) is -1.51. The van der Waals surface area contributed by atoms with E-state index in [4.69, 9.17) is 9.29 Å². The summed E-state index contributed by atoms with van der Waals surface area (Å²) in [4.78, 5) is 1.55. The number of hydrogen-bond donors (Lipinski definition) is 5. The van der Waals surface area contributed by atoms with Gasteiger partial charge in [-0.3, -0.25) is 4.55 Å². The lowest BCUT2D eigenvalue weighted by Crippen LogP contribution is -2.75. The zero-order valence-corrected chi connectivity index (χ0v) is 23.1. The number of rotatable bonds is 9. The van der Waals surface area contributed by atoms with Crippen LogP contribution in [0.4, 0.5) is 8.78 Å². The number of benzene rings is 3. The van der Waals surface area contributed by atoms with Crippen LogP contribution in [0.5, 0.6) is 0 Å². The second kappa shape index (κ2) is 12.2. The molecule has 0 aromatic heterocycles. The van der Waals surface area contributed by atoms with Gasteiger partial charge in [-0.1, -0.05) is 42.0 Å². The molecule has 0 spiro atoms. The standard InChI is InChI=1S/C22H25F2NO5.C7H8O3S/c23-16-7-3-14(4-8-16)18(15-5-9-17(24)10-6-15)2-1-11-25-21(12-26)19(28)20(29)22(25,13-27)30-21;1-6-2-4-7(5-3-6)11(8,9)10/h3-10,18-20,26-29H,1-2,11-13H2;2-5H,1H3,(H,8,9,10)/t19-,20-,21-,22+;/m0./s1. The summed E-state index contributed by atoms with van der Waals surface area (Å²) in [5.41, 5.74) is -0.149. The molecule has 3 aliphatic rings. The summed E-state index contributed by atoms with van der Waals surface area (Å²) >= 11 is 0. The van der Waals surface area contributed by atoms with E-state index in [1.807, 2.05) is 6.92 Å². The predicted molar refractivity (Wildman–Crippen MR) is 144 cm³/mol. The molecule has 3 aromatic carbocycles. The van der Waals surface area contributed by atoms with Crippen molar-refractivity contribution in [3.63, 3.8) is 0 Å². The van der Waals surface area contributed by atoms with Crippen molar-refractivity contribution in [1.29, 1.82) is 0 Å². The lowest BCUT2D eigenvalue weighted by molar-refractivity contribution is -0.403. The van der Waals surface area contributed by atoms with Gasteiger partial charge in [0.15, 0.2) is 11.4 Å². The van der Waals surface area contributed by atoms with E-state index in [-0.39, 0.29) is 22.4 Å². The van der Waals surface area contributed by atoms with Crippen LogP contribution in [0.1, 0.15) is 35.4 Å². The van der Waals surface area contributed by atoms with Crippen LogP contribution in [0.25, 0.3) is 0 Å². The minimum absolute atomic E-state index is 0.0666. The maximum atomic E-state index is 13.4. The van der Waals surface area contributed by atoms with Crippen LogP contribution in [0.15, 0.2) is 77.7 Å². The fourth-order valence-electron chi connectivity index (χ4n) is 5.51. The van der Waals surface area contributed by atoms with E-state index < -0.39 is 47.0 Å². The molecule has 0 aliphatic carbocycles. The molecule has 3 aromatic rings. The predicted octanol–water partition coefficient (Wildman–Crippen LogP) is 2.56. The van der Waals surface area contributed by atoms with Gasteiger partial charge in [0, 0.05) is 12.5 Å². The van der Waals surface area contributed by atoms with Crippen LogP contribution in [0.3, 0.4) is 0 Å². The highest BCUT2D eigenvalue weighted by Gasteiger charge is 2.78. The third-order valence-corrected chi connectivity index (χ3v) is 8.55. The summed E-state index contributed by atoms with van der Waals surface area (Å²) in [5, 5.41) is 40.1. The quantitative estimate of drug-likeness (QED) is 0.236. The molecule has 222 valence electrons. The Morgan fingerprint density at radius 1 is 0.829 bits per heavy atom. The zero-order valence-electron chi connectivity index (χ0n) is 22.3. The number of fused-ring (bicyclic) bond motifs is 1. The molecule has 0 amide bonds. The number of aryl methyl sites for hydroxylation is 1. The van der Waals surface area contributed by atoms with Crippen molar-refractivity contribution in [2.45, 2.75) is 54.2 Å². The van der Waals surface area contributed by atoms with Crippen LogP contribution in [-0.4, -0.2) is 81.7 Å². The van der Waals surface area contributed by atoms with Gasteiger partial charge in [0.1, 0.15) is 23.8 Å². The zero-order chi connectivity index (χ0) is 30.0. The Bertz CT molecular complexity index is 1360. The molecule has 2 bridgehead atoms. The van der Waals surface area contributed by atoms with Gasteiger partial charge >= 0.3 is 0 Å². The van der Waals surface area contributed by atoms with Gasteiger partial charge in [0.05, 0.1) is 18.1 Å². The first kappa shape index (κ1) is 31.1. The minimum atomic E-state index is -4.02. The molecule has 3 fully saturated rings.